The highest BCUT2D eigenvalue weighted by molar-refractivity contribution is 5.48. The summed E-state index contributed by atoms with van der Waals surface area (Å²) in [7, 11) is 0. The van der Waals surface area contributed by atoms with E-state index in [9.17, 15) is 5.11 Å². The van der Waals surface area contributed by atoms with E-state index in [1.54, 1.807) is 0 Å². The van der Waals surface area contributed by atoms with E-state index in [2.05, 4.69) is 20.8 Å². The van der Waals surface area contributed by atoms with Gasteiger partial charge in [0.15, 0.2) is 0 Å². The number of hydrogen-bond donors (Lipinski definition) is 2. The van der Waals surface area contributed by atoms with Crippen LogP contribution in [0, 0.1) is 0 Å². The summed E-state index contributed by atoms with van der Waals surface area (Å²) in [5.74, 6) is 0.400. The molecular weight excluding hydrogens is 198 g/mol. The van der Waals surface area contributed by atoms with Crippen molar-refractivity contribution in [1.82, 2.24) is 0 Å². The van der Waals surface area contributed by atoms with Crippen molar-refractivity contribution >= 4 is 0 Å². The summed E-state index contributed by atoms with van der Waals surface area (Å²) in [4.78, 5) is 0. The quantitative estimate of drug-likeness (QED) is 0.762. The lowest BCUT2D eigenvalue weighted by atomic mass is 9.71. The number of nitrogens with two attached hydrogens (primary N) is 1. The van der Waals surface area contributed by atoms with Crippen LogP contribution in [0.15, 0.2) is 18.2 Å². The van der Waals surface area contributed by atoms with Crippen LogP contribution in [0.5, 0.6) is 5.75 Å². The van der Waals surface area contributed by atoms with Crippen molar-refractivity contribution in [1.29, 1.82) is 0 Å². The maximum absolute atomic E-state index is 10.3. The van der Waals surface area contributed by atoms with E-state index in [0.29, 0.717) is 5.75 Å². The molecule has 0 aliphatic heterocycles. The molecule has 0 saturated heterocycles. The van der Waals surface area contributed by atoms with E-state index in [0.717, 1.165) is 30.4 Å². The van der Waals surface area contributed by atoms with Gasteiger partial charge in [-0.1, -0.05) is 39.0 Å². The fourth-order valence-corrected chi connectivity index (χ4v) is 2.38. The Morgan fingerprint density at radius 1 is 1.25 bits per heavy atom. The van der Waals surface area contributed by atoms with Gasteiger partial charge in [-0.2, -0.15) is 0 Å². The standard InChI is InChI=1S/C14H21NO/c1-13(2,3)10-6-4-7-11(12(10)16)14(15)8-5-9-14/h4,6-7,16H,5,8-9,15H2,1-3H3. The molecule has 0 amide bonds. The van der Waals surface area contributed by atoms with Crippen molar-refractivity contribution in [3.05, 3.63) is 29.3 Å². The molecule has 0 radical (unpaired) electrons. The molecule has 1 fully saturated rings. The number of hydrogen-bond acceptors (Lipinski definition) is 2. The van der Waals surface area contributed by atoms with E-state index in [1.807, 2.05) is 18.2 Å². The van der Waals surface area contributed by atoms with E-state index in [4.69, 9.17) is 5.73 Å². The monoisotopic (exact) mass is 219 g/mol. The fraction of sp³-hybridized carbons (Fsp3) is 0.571. The van der Waals surface area contributed by atoms with Gasteiger partial charge in [0.05, 0.1) is 0 Å². The number of phenols is 1. The molecular formula is C14H21NO. The van der Waals surface area contributed by atoms with Gasteiger partial charge in [-0.3, -0.25) is 0 Å². The molecule has 0 bridgehead atoms. The fourth-order valence-electron chi connectivity index (χ4n) is 2.38. The first kappa shape index (κ1) is 11.5. The molecule has 1 aromatic rings. The summed E-state index contributed by atoms with van der Waals surface area (Å²) >= 11 is 0. The number of rotatable bonds is 1. The van der Waals surface area contributed by atoms with Gasteiger partial charge in [-0.25, -0.2) is 0 Å². The van der Waals surface area contributed by atoms with Gasteiger partial charge in [-0.05, 0) is 30.2 Å². The maximum Gasteiger partial charge on any atom is 0.124 e. The molecule has 2 rings (SSSR count). The van der Waals surface area contributed by atoms with Crippen LogP contribution in [0.25, 0.3) is 0 Å². The van der Waals surface area contributed by atoms with Crippen LogP contribution < -0.4 is 5.73 Å². The lowest BCUT2D eigenvalue weighted by molar-refractivity contribution is 0.244. The van der Waals surface area contributed by atoms with Crippen LogP contribution in [0.3, 0.4) is 0 Å². The summed E-state index contributed by atoms with van der Waals surface area (Å²) in [6.07, 6.45) is 3.12. The Morgan fingerprint density at radius 3 is 2.31 bits per heavy atom. The minimum absolute atomic E-state index is 0.0415. The highest BCUT2D eigenvalue weighted by Gasteiger charge is 2.37. The molecule has 0 spiro atoms. The molecule has 16 heavy (non-hydrogen) atoms. The first-order valence-electron chi connectivity index (χ1n) is 5.96. The van der Waals surface area contributed by atoms with Gasteiger partial charge in [0.2, 0.25) is 0 Å². The summed E-state index contributed by atoms with van der Waals surface area (Å²) < 4.78 is 0. The van der Waals surface area contributed by atoms with Crippen LogP contribution in [0.4, 0.5) is 0 Å². The predicted molar refractivity (Wildman–Crippen MR) is 66.5 cm³/mol. The Bertz CT molecular complexity index is 400. The number of aromatic hydroxyl groups is 1. The first-order valence-corrected chi connectivity index (χ1v) is 5.96. The van der Waals surface area contributed by atoms with Crippen LogP contribution in [0.1, 0.15) is 51.2 Å². The van der Waals surface area contributed by atoms with Crippen LogP contribution in [-0.4, -0.2) is 5.11 Å². The molecule has 0 heterocycles. The highest BCUT2D eigenvalue weighted by Crippen LogP contribution is 2.45. The molecule has 88 valence electrons. The van der Waals surface area contributed by atoms with Gasteiger partial charge in [-0.15, -0.1) is 0 Å². The van der Waals surface area contributed by atoms with Crippen molar-refractivity contribution in [3.8, 4) is 5.75 Å². The minimum atomic E-state index is -0.286. The average molecular weight is 219 g/mol. The Morgan fingerprint density at radius 2 is 1.88 bits per heavy atom. The first-order chi connectivity index (χ1) is 7.34. The lowest BCUT2D eigenvalue weighted by Gasteiger charge is -2.39. The van der Waals surface area contributed by atoms with Gasteiger partial charge >= 0.3 is 0 Å². The third-order valence-corrected chi connectivity index (χ3v) is 3.63. The third kappa shape index (κ3) is 1.71. The zero-order chi connectivity index (χ0) is 12.0. The number of para-hydroxylation sites is 1. The molecule has 1 aromatic carbocycles. The highest BCUT2D eigenvalue weighted by atomic mass is 16.3. The smallest absolute Gasteiger partial charge is 0.124 e. The lowest BCUT2D eigenvalue weighted by Crippen LogP contribution is -2.43. The molecule has 2 heteroatoms. The normalized spacial score (nSPS) is 19.2. The van der Waals surface area contributed by atoms with Gasteiger partial charge in [0.1, 0.15) is 5.75 Å². The zero-order valence-corrected chi connectivity index (χ0v) is 10.4. The third-order valence-electron chi connectivity index (χ3n) is 3.63. The predicted octanol–water partition coefficient (Wildman–Crippen LogP) is 3.03. The molecule has 0 atom stereocenters. The molecule has 0 aromatic heterocycles. The summed E-state index contributed by atoms with van der Waals surface area (Å²) in [5.41, 5.74) is 7.86. The minimum Gasteiger partial charge on any atom is -0.507 e. The molecule has 3 N–H and O–H groups in total. The van der Waals surface area contributed by atoms with E-state index < -0.39 is 0 Å². The second-order valence-corrected chi connectivity index (χ2v) is 5.96. The Kier molecular flexibility index (Phi) is 2.50. The second-order valence-electron chi connectivity index (χ2n) is 5.96. The van der Waals surface area contributed by atoms with Crippen LogP contribution >= 0.6 is 0 Å². The number of benzene rings is 1. The molecule has 1 saturated carbocycles. The van der Waals surface area contributed by atoms with Crippen molar-refractivity contribution in [3.63, 3.8) is 0 Å². The van der Waals surface area contributed by atoms with Gasteiger partial charge < -0.3 is 10.8 Å². The molecule has 0 unspecified atom stereocenters. The summed E-state index contributed by atoms with van der Waals surface area (Å²) in [6.45, 7) is 6.32. The van der Waals surface area contributed by atoms with E-state index >= 15 is 0 Å². The van der Waals surface area contributed by atoms with Crippen LogP contribution in [0.2, 0.25) is 0 Å². The Labute approximate surface area is 97.5 Å². The number of phenolic OH excluding ortho intramolecular Hbond substituents is 1. The van der Waals surface area contributed by atoms with E-state index in [1.165, 1.54) is 0 Å². The van der Waals surface area contributed by atoms with Gasteiger partial charge in [0.25, 0.3) is 0 Å². The SMILES string of the molecule is CC(C)(C)c1cccc(C2(N)CCC2)c1O. The molecule has 2 nitrogen and oxygen atoms in total. The van der Waals surface area contributed by atoms with Crippen molar-refractivity contribution in [2.75, 3.05) is 0 Å². The Hall–Kier alpha value is -1.02. The van der Waals surface area contributed by atoms with Crippen LogP contribution in [-0.2, 0) is 11.0 Å². The Balaban J connectivity index is 2.49. The summed E-state index contributed by atoms with van der Waals surface area (Å²) in [6, 6.07) is 5.95. The molecule has 1 aliphatic rings. The van der Waals surface area contributed by atoms with Crippen molar-refractivity contribution in [2.24, 2.45) is 5.73 Å². The topological polar surface area (TPSA) is 46.2 Å². The maximum atomic E-state index is 10.3. The largest absolute Gasteiger partial charge is 0.507 e. The summed E-state index contributed by atoms with van der Waals surface area (Å²) in [5, 5.41) is 10.3. The molecule has 1 aliphatic carbocycles. The zero-order valence-electron chi connectivity index (χ0n) is 10.4. The van der Waals surface area contributed by atoms with E-state index in [-0.39, 0.29) is 11.0 Å². The average Bonchev–Trinajstić information content (AvgIpc) is 2.13. The van der Waals surface area contributed by atoms with Crippen molar-refractivity contribution in [2.45, 2.75) is 51.0 Å². The van der Waals surface area contributed by atoms with Crippen molar-refractivity contribution < 1.29 is 5.11 Å². The second kappa shape index (κ2) is 3.49. The van der Waals surface area contributed by atoms with Gasteiger partial charge in [0, 0.05) is 11.1 Å².